The summed E-state index contributed by atoms with van der Waals surface area (Å²) in [5.74, 6) is -0.140. The van der Waals surface area contributed by atoms with Gasteiger partial charge in [-0.15, -0.1) is 0 Å². The second-order valence-electron chi connectivity index (χ2n) is 4.71. The summed E-state index contributed by atoms with van der Waals surface area (Å²) in [6, 6.07) is 0.346. The van der Waals surface area contributed by atoms with E-state index in [1.807, 2.05) is 0 Å². The Kier molecular flexibility index (Phi) is 4.51. The van der Waals surface area contributed by atoms with Crippen molar-refractivity contribution in [1.29, 1.82) is 0 Å². The zero-order chi connectivity index (χ0) is 13.7. The lowest BCUT2D eigenvalue weighted by molar-refractivity contribution is -0.122. The molecule has 1 aliphatic rings. The molecule has 0 radical (unpaired) electrons. The van der Waals surface area contributed by atoms with Crippen LogP contribution in [0.1, 0.15) is 25.7 Å². The Labute approximate surface area is 111 Å². The van der Waals surface area contributed by atoms with Gasteiger partial charge in [-0.25, -0.2) is 0 Å². The predicted molar refractivity (Wildman–Crippen MR) is 70.3 cm³/mol. The predicted octanol–water partition coefficient (Wildman–Crippen LogP) is -0.161. The number of nitrogens with one attached hydrogen (secondary N) is 2. The van der Waals surface area contributed by atoms with E-state index in [0.717, 1.165) is 12.8 Å². The third-order valence-electron chi connectivity index (χ3n) is 2.77. The highest BCUT2D eigenvalue weighted by Gasteiger charge is 2.23. The number of hydrogen-bond donors (Lipinski definition) is 3. The minimum atomic E-state index is -0.0903. The Hall–Kier alpha value is -1.89. The quantitative estimate of drug-likeness (QED) is 0.637. The maximum absolute atomic E-state index is 11.6. The maximum Gasteiger partial charge on any atom is 0.241 e. The SMILES string of the molecule is NCCCC(=O)Nc1cnn(CC(=O)NC2CC2)c1. The molecule has 0 spiro atoms. The molecule has 2 amide bonds. The lowest BCUT2D eigenvalue weighted by atomic mass is 10.3. The number of hydrogen-bond acceptors (Lipinski definition) is 4. The van der Waals surface area contributed by atoms with Crippen LogP contribution in [0.15, 0.2) is 12.4 Å². The number of carbonyl (C=O) groups is 2. The summed E-state index contributed by atoms with van der Waals surface area (Å²) in [6.07, 6.45) is 6.35. The largest absolute Gasteiger partial charge is 0.352 e. The van der Waals surface area contributed by atoms with Crippen molar-refractivity contribution >= 4 is 17.5 Å². The topological polar surface area (TPSA) is 102 Å². The van der Waals surface area contributed by atoms with E-state index in [-0.39, 0.29) is 18.4 Å². The van der Waals surface area contributed by atoms with E-state index < -0.39 is 0 Å². The normalized spacial score (nSPS) is 14.2. The van der Waals surface area contributed by atoms with Crippen LogP contribution in [0.3, 0.4) is 0 Å². The average molecular weight is 265 g/mol. The summed E-state index contributed by atoms with van der Waals surface area (Å²) < 4.78 is 1.51. The molecule has 0 saturated heterocycles. The molecular weight excluding hydrogens is 246 g/mol. The van der Waals surface area contributed by atoms with Crippen molar-refractivity contribution in [3.8, 4) is 0 Å². The molecule has 0 atom stereocenters. The van der Waals surface area contributed by atoms with Gasteiger partial charge in [0.1, 0.15) is 6.54 Å². The fourth-order valence-corrected chi connectivity index (χ4v) is 1.65. The fraction of sp³-hybridized carbons (Fsp3) is 0.583. The van der Waals surface area contributed by atoms with Crippen LogP contribution < -0.4 is 16.4 Å². The van der Waals surface area contributed by atoms with Gasteiger partial charge in [0, 0.05) is 18.7 Å². The smallest absolute Gasteiger partial charge is 0.241 e. The van der Waals surface area contributed by atoms with Crippen molar-refractivity contribution in [1.82, 2.24) is 15.1 Å². The Morgan fingerprint density at radius 2 is 2.21 bits per heavy atom. The van der Waals surface area contributed by atoms with Crippen LogP contribution in [-0.2, 0) is 16.1 Å². The molecule has 7 heteroatoms. The first kappa shape index (κ1) is 13.5. The second kappa shape index (κ2) is 6.33. The highest BCUT2D eigenvalue weighted by molar-refractivity contribution is 5.90. The fourth-order valence-electron chi connectivity index (χ4n) is 1.65. The highest BCUT2D eigenvalue weighted by Crippen LogP contribution is 2.18. The molecule has 0 unspecified atom stereocenters. The van der Waals surface area contributed by atoms with Crippen LogP contribution in [0.2, 0.25) is 0 Å². The minimum Gasteiger partial charge on any atom is -0.352 e. The molecule has 7 nitrogen and oxygen atoms in total. The third-order valence-corrected chi connectivity index (χ3v) is 2.77. The van der Waals surface area contributed by atoms with Crippen molar-refractivity contribution in [3.63, 3.8) is 0 Å². The molecule has 1 aromatic heterocycles. The van der Waals surface area contributed by atoms with Crippen molar-refractivity contribution in [3.05, 3.63) is 12.4 Å². The molecule has 1 aliphatic carbocycles. The van der Waals surface area contributed by atoms with E-state index in [9.17, 15) is 9.59 Å². The molecule has 1 saturated carbocycles. The lowest BCUT2D eigenvalue weighted by Crippen LogP contribution is -2.29. The van der Waals surface area contributed by atoms with Gasteiger partial charge in [-0.3, -0.25) is 14.3 Å². The molecule has 19 heavy (non-hydrogen) atoms. The molecule has 4 N–H and O–H groups in total. The van der Waals surface area contributed by atoms with Crippen molar-refractivity contribution < 1.29 is 9.59 Å². The first-order valence-electron chi connectivity index (χ1n) is 6.49. The molecule has 1 aromatic rings. The number of anilines is 1. The summed E-state index contributed by atoms with van der Waals surface area (Å²) in [5.41, 5.74) is 5.93. The summed E-state index contributed by atoms with van der Waals surface area (Å²) in [7, 11) is 0. The Morgan fingerprint density at radius 3 is 2.89 bits per heavy atom. The van der Waals surface area contributed by atoms with Gasteiger partial charge in [0.05, 0.1) is 11.9 Å². The van der Waals surface area contributed by atoms with Gasteiger partial charge < -0.3 is 16.4 Å². The van der Waals surface area contributed by atoms with Gasteiger partial charge in [0.2, 0.25) is 11.8 Å². The minimum absolute atomic E-state index is 0.0494. The second-order valence-corrected chi connectivity index (χ2v) is 4.71. The molecule has 104 valence electrons. The van der Waals surface area contributed by atoms with Crippen LogP contribution in [0, 0.1) is 0 Å². The van der Waals surface area contributed by atoms with Gasteiger partial charge in [0.25, 0.3) is 0 Å². The van der Waals surface area contributed by atoms with Gasteiger partial charge in [0.15, 0.2) is 0 Å². The average Bonchev–Trinajstić information content (AvgIpc) is 3.07. The maximum atomic E-state index is 11.6. The number of nitrogens with two attached hydrogens (primary N) is 1. The van der Waals surface area contributed by atoms with E-state index >= 15 is 0 Å². The van der Waals surface area contributed by atoms with Gasteiger partial charge in [-0.2, -0.15) is 5.10 Å². The number of nitrogens with zero attached hydrogens (tertiary/aromatic N) is 2. The number of rotatable bonds is 7. The number of amides is 2. The van der Waals surface area contributed by atoms with Gasteiger partial charge in [-0.05, 0) is 25.8 Å². The molecule has 0 aliphatic heterocycles. The molecular formula is C12H19N5O2. The zero-order valence-electron chi connectivity index (χ0n) is 10.8. The zero-order valence-corrected chi connectivity index (χ0v) is 10.8. The molecule has 1 fully saturated rings. The lowest BCUT2D eigenvalue weighted by Gasteiger charge is -2.03. The first-order valence-corrected chi connectivity index (χ1v) is 6.49. The summed E-state index contributed by atoms with van der Waals surface area (Å²) in [5, 5.41) is 9.63. The Morgan fingerprint density at radius 1 is 1.42 bits per heavy atom. The molecule has 0 bridgehead atoms. The third kappa shape index (κ3) is 4.70. The van der Waals surface area contributed by atoms with Crippen LogP contribution in [0.5, 0.6) is 0 Å². The summed E-state index contributed by atoms with van der Waals surface area (Å²) in [6.45, 7) is 0.670. The van der Waals surface area contributed by atoms with Crippen LogP contribution in [-0.4, -0.2) is 34.2 Å². The molecule has 0 aromatic carbocycles. The van der Waals surface area contributed by atoms with Gasteiger partial charge >= 0.3 is 0 Å². The van der Waals surface area contributed by atoms with Crippen molar-refractivity contribution in [2.75, 3.05) is 11.9 Å². The Bertz CT molecular complexity index is 453. The van der Waals surface area contributed by atoms with Crippen molar-refractivity contribution in [2.24, 2.45) is 5.73 Å². The van der Waals surface area contributed by atoms with Crippen molar-refractivity contribution in [2.45, 2.75) is 38.3 Å². The molecule has 2 rings (SSSR count). The van der Waals surface area contributed by atoms with E-state index in [2.05, 4.69) is 15.7 Å². The molecule has 1 heterocycles. The highest BCUT2D eigenvalue weighted by atomic mass is 16.2. The van der Waals surface area contributed by atoms with E-state index in [4.69, 9.17) is 5.73 Å². The number of aromatic nitrogens is 2. The van der Waals surface area contributed by atoms with E-state index in [1.165, 1.54) is 10.9 Å². The summed E-state index contributed by atoms with van der Waals surface area (Å²) >= 11 is 0. The monoisotopic (exact) mass is 265 g/mol. The van der Waals surface area contributed by atoms with E-state index in [0.29, 0.717) is 31.1 Å². The first-order chi connectivity index (χ1) is 9.17. The number of carbonyl (C=O) groups excluding carboxylic acids is 2. The van der Waals surface area contributed by atoms with Crippen LogP contribution >= 0.6 is 0 Å². The Balaban J connectivity index is 1.77. The summed E-state index contributed by atoms with van der Waals surface area (Å²) in [4.78, 5) is 23.0. The van der Waals surface area contributed by atoms with Crippen LogP contribution in [0.4, 0.5) is 5.69 Å². The standard InChI is InChI=1S/C12H19N5O2/c13-5-1-2-11(18)16-10-6-14-17(7-10)8-12(19)15-9-3-4-9/h6-7,9H,1-5,8,13H2,(H,15,19)(H,16,18). The van der Waals surface area contributed by atoms with Crippen LogP contribution in [0.25, 0.3) is 0 Å². The van der Waals surface area contributed by atoms with Gasteiger partial charge in [-0.1, -0.05) is 0 Å². The van der Waals surface area contributed by atoms with E-state index in [1.54, 1.807) is 6.20 Å².